The Hall–Kier alpha value is -2.28. The smallest absolute Gasteiger partial charge is 0.149 e. The minimum Gasteiger partial charge on any atom is -0.506 e. The highest BCUT2D eigenvalue weighted by molar-refractivity contribution is 6.36. The number of pyridine rings is 1. The molecule has 102 valence electrons. The van der Waals surface area contributed by atoms with Gasteiger partial charge in [-0.15, -0.1) is 0 Å². The first kappa shape index (κ1) is 13.7. The molecular weight excluding hydrogens is 307 g/mol. The molecule has 0 amide bonds. The van der Waals surface area contributed by atoms with Crippen LogP contribution in [-0.4, -0.2) is 10.1 Å². The Kier molecular flexibility index (Phi) is 3.42. The van der Waals surface area contributed by atoms with Gasteiger partial charge in [-0.2, -0.15) is 5.26 Å². The van der Waals surface area contributed by atoms with Gasteiger partial charge in [-0.05, 0) is 18.2 Å². The van der Waals surface area contributed by atoms with E-state index in [1.165, 1.54) is 12.1 Å². The van der Waals surface area contributed by atoms with Gasteiger partial charge in [0.05, 0.1) is 15.6 Å². The van der Waals surface area contributed by atoms with Crippen molar-refractivity contribution < 1.29 is 5.11 Å². The van der Waals surface area contributed by atoms with E-state index < -0.39 is 0 Å². The summed E-state index contributed by atoms with van der Waals surface area (Å²) in [4.78, 5) is 4.34. The molecule has 21 heavy (non-hydrogen) atoms. The van der Waals surface area contributed by atoms with Crippen molar-refractivity contribution in [2.75, 3.05) is 0 Å². The average Bonchev–Trinajstić information content (AvgIpc) is 2.49. The number of phenolic OH excluding ortho intramolecular Hbond substituents is 1. The number of fused-ring (bicyclic) bond motifs is 1. The van der Waals surface area contributed by atoms with E-state index in [1.54, 1.807) is 0 Å². The number of nitriles is 1. The molecule has 0 aliphatic heterocycles. The van der Waals surface area contributed by atoms with Crippen LogP contribution in [0.3, 0.4) is 0 Å². The fourth-order valence-electron chi connectivity index (χ4n) is 2.15. The maximum Gasteiger partial charge on any atom is 0.149 e. The molecule has 0 aliphatic rings. The van der Waals surface area contributed by atoms with E-state index in [2.05, 4.69) is 11.1 Å². The Bertz CT molecular complexity index is 901. The Morgan fingerprint density at radius 2 is 1.76 bits per heavy atom. The molecule has 3 nitrogen and oxygen atoms in total. The second-order valence-corrected chi connectivity index (χ2v) is 5.29. The van der Waals surface area contributed by atoms with Crippen molar-refractivity contribution in [3.63, 3.8) is 0 Å². The number of aromatic hydroxyl groups is 1. The van der Waals surface area contributed by atoms with Crippen LogP contribution in [0.5, 0.6) is 5.75 Å². The fraction of sp³-hybridized carbons (Fsp3) is 0. The van der Waals surface area contributed by atoms with Crippen LogP contribution in [0.1, 0.15) is 5.69 Å². The number of phenols is 1. The number of aromatic nitrogens is 1. The van der Waals surface area contributed by atoms with Crippen molar-refractivity contribution in [1.82, 2.24) is 4.98 Å². The van der Waals surface area contributed by atoms with Gasteiger partial charge < -0.3 is 5.11 Å². The lowest BCUT2D eigenvalue weighted by Crippen LogP contribution is -1.92. The quantitative estimate of drug-likeness (QED) is 0.702. The summed E-state index contributed by atoms with van der Waals surface area (Å²) in [6.07, 6.45) is 0. The zero-order chi connectivity index (χ0) is 15.0. The van der Waals surface area contributed by atoms with Gasteiger partial charge in [0.25, 0.3) is 0 Å². The van der Waals surface area contributed by atoms with Crippen molar-refractivity contribution >= 4 is 34.1 Å². The number of benzene rings is 2. The number of hydrogen-bond acceptors (Lipinski definition) is 3. The fourth-order valence-corrected chi connectivity index (χ4v) is 2.57. The second-order valence-electron chi connectivity index (χ2n) is 4.47. The van der Waals surface area contributed by atoms with Gasteiger partial charge >= 0.3 is 0 Å². The highest BCUT2D eigenvalue weighted by atomic mass is 35.5. The van der Waals surface area contributed by atoms with Crippen molar-refractivity contribution in [2.45, 2.75) is 0 Å². The molecule has 0 saturated carbocycles. The summed E-state index contributed by atoms with van der Waals surface area (Å²) < 4.78 is 0. The lowest BCUT2D eigenvalue weighted by molar-refractivity contribution is 0.475. The highest BCUT2D eigenvalue weighted by Gasteiger charge is 2.14. The topological polar surface area (TPSA) is 56.9 Å². The Morgan fingerprint density at radius 1 is 1.00 bits per heavy atom. The Labute approximate surface area is 131 Å². The lowest BCUT2D eigenvalue weighted by Gasteiger charge is -2.09. The lowest BCUT2D eigenvalue weighted by atomic mass is 10.0. The van der Waals surface area contributed by atoms with E-state index >= 15 is 0 Å². The largest absolute Gasteiger partial charge is 0.506 e. The van der Waals surface area contributed by atoms with Gasteiger partial charge in [-0.1, -0.05) is 41.4 Å². The monoisotopic (exact) mass is 314 g/mol. The van der Waals surface area contributed by atoms with Gasteiger partial charge in [0, 0.05) is 22.6 Å². The van der Waals surface area contributed by atoms with Crippen LogP contribution in [0.25, 0.3) is 22.0 Å². The zero-order valence-corrected chi connectivity index (χ0v) is 12.2. The van der Waals surface area contributed by atoms with Gasteiger partial charge in [0.2, 0.25) is 0 Å². The van der Waals surface area contributed by atoms with Crippen molar-refractivity contribution in [3.05, 3.63) is 58.2 Å². The van der Waals surface area contributed by atoms with Crippen LogP contribution >= 0.6 is 23.2 Å². The first-order valence-corrected chi connectivity index (χ1v) is 6.84. The molecular formula is C16H8Cl2N2O. The van der Waals surface area contributed by atoms with E-state index in [0.29, 0.717) is 16.1 Å². The second kappa shape index (κ2) is 5.25. The summed E-state index contributed by atoms with van der Waals surface area (Å²) >= 11 is 12.1. The number of nitrogens with zero attached hydrogens (tertiary/aromatic N) is 2. The molecule has 5 heteroatoms. The van der Waals surface area contributed by atoms with Gasteiger partial charge in [0.15, 0.2) is 0 Å². The minimum atomic E-state index is -0.0994. The van der Waals surface area contributed by atoms with E-state index in [9.17, 15) is 10.4 Å². The number of para-hydroxylation sites is 1. The predicted molar refractivity (Wildman–Crippen MR) is 83.6 cm³/mol. The van der Waals surface area contributed by atoms with Crippen LogP contribution in [0.4, 0.5) is 0 Å². The summed E-state index contributed by atoms with van der Waals surface area (Å²) in [7, 11) is 0. The van der Waals surface area contributed by atoms with E-state index in [1.807, 2.05) is 30.3 Å². The molecule has 0 aliphatic carbocycles. The minimum absolute atomic E-state index is 0.0994. The summed E-state index contributed by atoms with van der Waals surface area (Å²) in [5.41, 5.74) is 2.15. The van der Waals surface area contributed by atoms with E-state index in [-0.39, 0.29) is 16.5 Å². The normalized spacial score (nSPS) is 10.5. The van der Waals surface area contributed by atoms with Gasteiger partial charge in [0.1, 0.15) is 17.5 Å². The molecule has 1 aromatic heterocycles. The predicted octanol–water partition coefficient (Wildman–Crippen LogP) is 4.79. The summed E-state index contributed by atoms with van der Waals surface area (Å²) in [5, 5.41) is 20.3. The van der Waals surface area contributed by atoms with Crippen LogP contribution in [0, 0.1) is 11.3 Å². The maximum atomic E-state index is 9.57. The zero-order valence-electron chi connectivity index (χ0n) is 10.6. The van der Waals surface area contributed by atoms with Crippen LogP contribution in [0.2, 0.25) is 10.0 Å². The van der Waals surface area contributed by atoms with Crippen LogP contribution < -0.4 is 0 Å². The summed E-state index contributed by atoms with van der Waals surface area (Å²) in [6.45, 7) is 0. The molecule has 0 fully saturated rings. The third-order valence-electron chi connectivity index (χ3n) is 3.16. The standard InChI is InChI=1S/C16H8Cl2N2O/c17-12-7-16(21)13(18)6-10(12)11-5-9-3-1-2-4-14(9)20-15(11)8-19/h1-7,21H. The van der Waals surface area contributed by atoms with Gasteiger partial charge in [-0.25, -0.2) is 4.98 Å². The molecule has 1 N–H and O–H groups in total. The molecule has 2 aromatic carbocycles. The van der Waals surface area contributed by atoms with Crippen molar-refractivity contribution in [2.24, 2.45) is 0 Å². The molecule has 3 aromatic rings. The Morgan fingerprint density at radius 3 is 2.52 bits per heavy atom. The van der Waals surface area contributed by atoms with Crippen LogP contribution in [0.15, 0.2) is 42.5 Å². The molecule has 0 atom stereocenters. The molecule has 0 radical (unpaired) electrons. The summed E-state index contributed by atoms with van der Waals surface area (Å²) in [5.74, 6) is -0.0994. The molecule has 0 unspecified atom stereocenters. The molecule has 0 spiro atoms. The SMILES string of the molecule is N#Cc1nc2ccccc2cc1-c1cc(Cl)c(O)cc1Cl. The number of rotatable bonds is 1. The summed E-state index contributed by atoms with van der Waals surface area (Å²) in [6, 6.07) is 14.3. The third kappa shape index (κ3) is 2.40. The first-order valence-electron chi connectivity index (χ1n) is 6.08. The van der Waals surface area contributed by atoms with E-state index in [4.69, 9.17) is 23.2 Å². The van der Waals surface area contributed by atoms with Crippen LogP contribution in [-0.2, 0) is 0 Å². The third-order valence-corrected chi connectivity index (χ3v) is 3.77. The average molecular weight is 315 g/mol. The van der Waals surface area contributed by atoms with Gasteiger partial charge in [-0.3, -0.25) is 0 Å². The maximum absolute atomic E-state index is 9.57. The Balaban J connectivity index is 2.34. The molecule has 0 bridgehead atoms. The van der Waals surface area contributed by atoms with E-state index in [0.717, 1.165) is 10.9 Å². The number of hydrogen-bond donors (Lipinski definition) is 1. The highest BCUT2D eigenvalue weighted by Crippen LogP contribution is 2.37. The molecule has 1 heterocycles. The molecule has 0 saturated heterocycles. The van der Waals surface area contributed by atoms with Crippen molar-refractivity contribution in [1.29, 1.82) is 5.26 Å². The molecule has 3 rings (SSSR count). The first-order chi connectivity index (χ1) is 10.1. The van der Waals surface area contributed by atoms with Crippen molar-refractivity contribution in [3.8, 4) is 22.9 Å². The number of halogens is 2.